The van der Waals surface area contributed by atoms with E-state index in [1.54, 1.807) is 0 Å². The minimum Gasteiger partial charge on any atom is -0.377 e. The van der Waals surface area contributed by atoms with Crippen molar-refractivity contribution in [2.24, 2.45) is 0 Å². The molecule has 0 aromatic heterocycles. The molecule has 1 aliphatic heterocycles. The number of unbranched alkanes of at least 4 members (excludes halogenated alkanes) is 1. The van der Waals surface area contributed by atoms with Gasteiger partial charge in [-0.25, -0.2) is 0 Å². The van der Waals surface area contributed by atoms with Gasteiger partial charge >= 0.3 is 0 Å². The van der Waals surface area contributed by atoms with E-state index in [1.807, 2.05) is 0 Å². The second kappa shape index (κ2) is 7.65. The highest BCUT2D eigenvalue weighted by molar-refractivity contribution is 5.77. The molecule has 2 N–H and O–H groups in total. The molecule has 0 saturated carbocycles. The van der Waals surface area contributed by atoms with Gasteiger partial charge in [-0.2, -0.15) is 0 Å². The fourth-order valence-corrected chi connectivity index (χ4v) is 1.62. The quantitative estimate of drug-likeness (QED) is 0.612. The largest absolute Gasteiger partial charge is 0.377 e. The molecule has 0 aromatic rings. The molecule has 0 radical (unpaired) electrons. The molecule has 4 heteroatoms. The summed E-state index contributed by atoms with van der Waals surface area (Å²) in [7, 11) is 0. The minimum absolute atomic E-state index is 0.0847. The Morgan fingerprint density at radius 3 is 3.07 bits per heavy atom. The van der Waals surface area contributed by atoms with Crippen molar-refractivity contribution in [2.75, 3.05) is 26.2 Å². The Morgan fingerprint density at radius 1 is 1.53 bits per heavy atom. The highest BCUT2D eigenvalue weighted by Gasteiger charge is 2.14. The molecular weight excluding hydrogens is 192 g/mol. The third-order valence-electron chi connectivity index (χ3n) is 2.53. The monoisotopic (exact) mass is 214 g/mol. The van der Waals surface area contributed by atoms with Crippen LogP contribution in [-0.4, -0.2) is 38.3 Å². The van der Waals surface area contributed by atoms with Crippen molar-refractivity contribution >= 4 is 5.91 Å². The van der Waals surface area contributed by atoms with Crippen LogP contribution in [0, 0.1) is 0 Å². The average Bonchev–Trinajstić information content (AvgIpc) is 2.71. The molecule has 1 saturated heterocycles. The first-order valence-electron chi connectivity index (χ1n) is 5.92. The van der Waals surface area contributed by atoms with E-state index in [1.165, 1.54) is 0 Å². The van der Waals surface area contributed by atoms with Crippen LogP contribution in [0.4, 0.5) is 0 Å². The first-order valence-corrected chi connectivity index (χ1v) is 5.92. The lowest BCUT2D eigenvalue weighted by Crippen LogP contribution is -2.37. The standard InChI is InChI=1S/C11H22N2O2/c1-2-3-6-13-11(14)9-12-8-10-5-4-7-15-10/h10,12H,2-9H2,1H3,(H,13,14). The van der Waals surface area contributed by atoms with Crippen molar-refractivity contribution in [2.45, 2.75) is 38.7 Å². The van der Waals surface area contributed by atoms with Crippen molar-refractivity contribution in [1.29, 1.82) is 0 Å². The average molecular weight is 214 g/mol. The molecule has 1 amide bonds. The maximum absolute atomic E-state index is 11.3. The zero-order valence-electron chi connectivity index (χ0n) is 9.55. The van der Waals surface area contributed by atoms with E-state index in [9.17, 15) is 4.79 Å². The lowest BCUT2D eigenvalue weighted by Gasteiger charge is -2.10. The predicted octanol–water partition coefficient (Wildman–Crippen LogP) is 0.671. The van der Waals surface area contributed by atoms with Crippen LogP contribution in [0.5, 0.6) is 0 Å². The number of rotatable bonds is 7. The third kappa shape index (κ3) is 5.74. The maximum Gasteiger partial charge on any atom is 0.233 e. The molecule has 4 nitrogen and oxygen atoms in total. The first kappa shape index (κ1) is 12.5. The Kier molecular flexibility index (Phi) is 6.36. The second-order valence-corrected chi connectivity index (χ2v) is 3.97. The van der Waals surface area contributed by atoms with E-state index >= 15 is 0 Å². The van der Waals surface area contributed by atoms with Gasteiger partial charge < -0.3 is 15.4 Å². The summed E-state index contributed by atoms with van der Waals surface area (Å²) in [5.74, 6) is 0.0847. The van der Waals surface area contributed by atoms with Crippen LogP contribution in [0.1, 0.15) is 32.6 Å². The first-order chi connectivity index (χ1) is 7.33. The van der Waals surface area contributed by atoms with Crippen molar-refractivity contribution in [1.82, 2.24) is 10.6 Å². The Morgan fingerprint density at radius 2 is 2.40 bits per heavy atom. The number of ether oxygens (including phenoxy) is 1. The van der Waals surface area contributed by atoms with Gasteiger partial charge in [0.05, 0.1) is 12.6 Å². The van der Waals surface area contributed by atoms with Crippen LogP contribution >= 0.6 is 0 Å². The molecule has 15 heavy (non-hydrogen) atoms. The maximum atomic E-state index is 11.3. The third-order valence-corrected chi connectivity index (χ3v) is 2.53. The number of amides is 1. The van der Waals surface area contributed by atoms with Gasteiger partial charge in [-0.05, 0) is 19.3 Å². The summed E-state index contributed by atoms with van der Waals surface area (Å²) in [6.45, 7) is 4.97. The number of carbonyl (C=O) groups is 1. The molecule has 1 heterocycles. The van der Waals surface area contributed by atoms with Crippen molar-refractivity contribution in [3.05, 3.63) is 0 Å². The normalized spacial score (nSPS) is 20.5. The van der Waals surface area contributed by atoms with Crippen molar-refractivity contribution in [3.63, 3.8) is 0 Å². The van der Waals surface area contributed by atoms with Gasteiger partial charge in [0.1, 0.15) is 0 Å². The molecule has 1 unspecified atom stereocenters. The summed E-state index contributed by atoms with van der Waals surface area (Å²) >= 11 is 0. The summed E-state index contributed by atoms with van der Waals surface area (Å²) in [5, 5.41) is 5.98. The second-order valence-electron chi connectivity index (χ2n) is 3.97. The van der Waals surface area contributed by atoms with E-state index < -0.39 is 0 Å². The number of hydrogen-bond donors (Lipinski definition) is 2. The number of carbonyl (C=O) groups excluding carboxylic acids is 1. The Hall–Kier alpha value is -0.610. The topological polar surface area (TPSA) is 50.4 Å². The van der Waals surface area contributed by atoms with Crippen LogP contribution in [0.2, 0.25) is 0 Å². The molecule has 0 aliphatic carbocycles. The molecule has 1 rings (SSSR count). The summed E-state index contributed by atoms with van der Waals surface area (Å²) < 4.78 is 5.44. The molecule has 0 spiro atoms. The van der Waals surface area contributed by atoms with Crippen molar-refractivity contribution in [3.8, 4) is 0 Å². The Labute approximate surface area is 91.8 Å². The summed E-state index contributed by atoms with van der Waals surface area (Å²) in [6, 6.07) is 0. The molecule has 1 fully saturated rings. The van der Waals surface area contributed by atoms with Gasteiger partial charge in [-0.3, -0.25) is 4.79 Å². The van der Waals surface area contributed by atoms with Crippen LogP contribution in [0.3, 0.4) is 0 Å². The van der Waals surface area contributed by atoms with Crippen LogP contribution in [-0.2, 0) is 9.53 Å². The predicted molar refractivity (Wildman–Crippen MR) is 59.8 cm³/mol. The van der Waals surface area contributed by atoms with Gasteiger partial charge in [0.15, 0.2) is 0 Å². The molecule has 0 bridgehead atoms. The van der Waals surface area contributed by atoms with Crippen LogP contribution < -0.4 is 10.6 Å². The zero-order chi connectivity index (χ0) is 10.9. The fourth-order valence-electron chi connectivity index (χ4n) is 1.62. The Balaban J connectivity index is 1.91. The molecular formula is C11H22N2O2. The Bertz CT molecular complexity index is 179. The minimum atomic E-state index is 0.0847. The van der Waals surface area contributed by atoms with E-state index in [2.05, 4.69) is 17.6 Å². The SMILES string of the molecule is CCCCNC(=O)CNCC1CCCO1. The molecule has 1 aliphatic rings. The number of hydrogen-bond acceptors (Lipinski definition) is 3. The van der Waals surface area contributed by atoms with E-state index in [0.717, 1.165) is 45.4 Å². The van der Waals surface area contributed by atoms with Crippen LogP contribution in [0.15, 0.2) is 0 Å². The van der Waals surface area contributed by atoms with Gasteiger partial charge in [-0.15, -0.1) is 0 Å². The van der Waals surface area contributed by atoms with Gasteiger partial charge in [0.25, 0.3) is 0 Å². The molecule has 88 valence electrons. The lowest BCUT2D eigenvalue weighted by atomic mass is 10.2. The van der Waals surface area contributed by atoms with Crippen LogP contribution in [0.25, 0.3) is 0 Å². The zero-order valence-corrected chi connectivity index (χ0v) is 9.55. The summed E-state index contributed by atoms with van der Waals surface area (Å²) in [6.07, 6.45) is 4.74. The van der Waals surface area contributed by atoms with Gasteiger partial charge in [0.2, 0.25) is 5.91 Å². The molecule has 1 atom stereocenters. The van der Waals surface area contributed by atoms with E-state index in [0.29, 0.717) is 12.6 Å². The highest BCUT2D eigenvalue weighted by Crippen LogP contribution is 2.10. The van der Waals surface area contributed by atoms with E-state index in [4.69, 9.17) is 4.74 Å². The van der Waals surface area contributed by atoms with Gasteiger partial charge in [0, 0.05) is 19.7 Å². The molecule has 0 aromatic carbocycles. The fraction of sp³-hybridized carbons (Fsp3) is 0.909. The highest BCUT2D eigenvalue weighted by atomic mass is 16.5. The van der Waals surface area contributed by atoms with Crippen molar-refractivity contribution < 1.29 is 9.53 Å². The number of nitrogens with one attached hydrogen (secondary N) is 2. The summed E-state index contributed by atoms with van der Waals surface area (Å²) in [5.41, 5.74) is 0. The summed E-state index contributed by atoms with van der Waals surface area (Å²) in [4.78, 5) is 11.3. The smallest absolute Gasteiger partial charge is 0.233 e. The van der Waals surface area contributed by atoms with Gasteiger partial charge in [-0.1, -0.05) is 13.3 Å². The lowest BCUT2D eigenvalue weighted by molar-refractivity contribution is -0.120. The van der Waals surface area contributed by atoms with E-state index in [-0.39, 0.29) is 5.91 Å².